The molecular formula is C35H30ClN3O3S. The van der Waals surface area contributed by atoms with E-state index in [-0.39, 0.29) is 12.2 Å². The number of benzene rings is 3. The normalized spacial score (nSPS) is 14.9. The molecule has 1 atom stereocenters. The van der Waals surface area contributed by atoms with Crippen LogP contribution >= 0.6 is 22.9 Å². The van der Waals surface area contributed by atoms with E-state index < -0.39 is 12.0 Å². The van der Waals surface area contributed by atoms with Gasteiger partial charge in [-0.3, -0.25) is 9.36 Å². The van der Waals surface area contributed by atoms with Gasteiger partial charge in [-0.25, -0.2) is 9.79 Å². The quantitative estimate of drug-likeness (QED) is 0.213. The van der Waals surface area contributed by atoms with Crippen molar-refractivity contribution in [2.45, 2.75) is 33.7 Å². The number of thiazole rings is 1. The van der Waals surface area contributed by atoms with Crippen LogP contribution in [0.4, 0.5) is 0 Å². The Bertz CT molecular complexity index is 2070. The maximum absolute atomic E-state index is 14.2. The number of halogens is 1. The Morgan fingerprint density at radius 3 is 2.44 bits per heavy atom. The van der Waals surface area contributed by atoms with Crippen LogP contribution in [0.2, 0.25) is 5.02 Å². The molecule has 0 radical (unpaired) electrons. The number of nitrogens with zero attached hydrogens (tertiary/aromatic N) is 3. The first-order valence-electron chi connectivity index (χ1n) is 14.1. The Hall–Kier alpha value is -4.46. The largest absolute Gasteiger partial charge is 0.463 e. The lowest BCUT2D eigenvalue weighted by atomic mass is 9.93. The Labute approximate surface area is 258 Å². The van der Waals surface area contributed by atoms with Crippen molar-refractivity contribution in [1.29, 1.82) is 0 Å². The van der Waals surface area contributed by atoms with E-state index >= 15 is 0 Å². The zero-order valence-corrected chi connectivity index (χ0v) is 25.9. The van der Waals surface area contributed by atoms with Crippen LogP contribution in [0.15, 0.2) is 100 Å². The summed E-state index contributed by atoms with van der Waals surface area (Å²) in [4.78, 5) is 33.3. The van der Waals surface area contributed by atoms with Crippen molar-refractivity contribution in [3.63, 3.8) is 0 Å². The number of esters is 1. The van der Waals surface area contributed by atoms with Gasteiger partial charge in [-0.2, -0.15) is 0 Å². The minimum Gasteiger partial charge on any atom is -0.463 e. The molecule has 0 aliphatic carbocycles. The molecule has 3 heterocycles. The van der Waals surface area contributed by atoms with E-state index in [1.165, 1.54) is 16.9 Å². The number of hydrogen-bond donors (Lipinski definition) is 0. The van der Waals surface area contributed by atoms with Crippen LogP contribution in [0.3, 0.4) is 0 Å². The zero-order valence-electron chi connectivity index (χ0n) is 24.3. The van der Waals surface area contributed by atoms with Crippen molar-refractivity contribution < 1.29 is 9.53 Å². The number of rotatable bonds is 6. The molecule has 0 spiro atoms. The lowest BCUT2D eigenvalue weighted by Crippen LogP contribution is -2.40. The summed E-state index contributed by atoms with van der Waals surface area (Å²) in [6, 6.07) is 26.4. The van der Waals surface area contributed by atoms with Gasteiger partial charge in [-0.15, -0.1) is 0 Å². The number of carbonyl (C=O) groups is 1. The summed E-state index contributed by atoms with van der Waals surface area (Å²) in [6.45, 7) is 8.15. The molecule has 216 valence electrons. The smallest absolute Gasteiger partial charge is 0.338 e. The summed E-state index contributed by atoms with van der Waals surface area (Å²) in [5.41, 5.74) is 7.37. The average Bonchev–Trinajstić information content (AvgIpc) is 3.46. The minimum absolute atomic E-state index is 0.193. The van der Waals surface area contributed by atoms with E-state index in [0.29, 0.717) is 25.6 Å². The summed E-state index contributed by atoms with van der Waals surface area (Å²) in [6.07, 6.45) is 1.92. The molecule has 3 aromatic carbocycles. The highest BCUT2D eigenvalue weighted by molar-refractivity contribution is 7.07. The van der Waals surface area contributed by atoms with E-state index in [1.54, 1.807) is 23.6 Å². The van der Waals surface area contributed by atoms with Crippen molar-refractivity contribution >= 4 is 40.7 Å². The third kappa shape index (κ3) is 5.31. The highest BCUT2D eigenvalue weighted by Crippen LogP contribution is 2.35. The molecule has 0 N–H and O–H groups in total. The van der Waals surface area contributed by atoms with Crippen LogP contribution < -0.4 is 14.9 Å². The maximum atomic E-state index is 14.2. The minimum atomic E-state index is -0.746. The molecule has 2 aromatic heterocycles. The van der Waals surface area contributed by atoms with Gasteiger partial charge in [0.2, 0.25) is 0 Å². The highest BCUT2D eigenvalue weighted by atomic mass is 35.5. The SMILES string of the molecule is CCOC(=O)C1=C(c2ccccc2)N=c2s/c(=C/c3cc(C)n(-c4cccc(C)c4)c3C)c(=O)n2[C@H]1c1ccc(Cl)cc1. The van der Waals surface area contributed by atoms with E-state index in [9.17, 15) is 9.59 Å². The zero-order chi connectivity index (χ0) is 30.2. The van der Waals surface area contributed by atoms with Crippen molar-refractivity contribution in [3.05, 3.63) is 149 Å². The summed E-state index contributed by atoms with van der Waals surface area (Å²) < 4.78 is 9.87. The molecule has 6 rings (SSSR count). The topological polar surface area (TPSA) is 65.6 Å². The summed E-state index contributed by atoms with van der Waals surface area (Å²) in [5.74, 6) is -0.513. The molecular weight excluding hydrogens is 578 g/mol. The first-order valence-corrected chi connectivity index (χ1v) is 15.3. The Kier molecular flexibility index (Phi) is 7.77. The molecule has 1 aliphatic heterocycles. The van der Waals surface area contributed by atoms with Crippen LogP contribution in [-0.4, -0.2) is 21.7 Å². The number of aromatic nitrogens is 2. The van der Waals surface area contributed by atoms with Gasteiger partial charge >= 0.3 is 5.97 Å². The molecule has 0 saturated heterocycles. The maximum Gasteiger partial charge on any atom is 0.338 e. The van der Waals surface area contributed by atoms with E-state index in [0.717, 1.165) is 33.8 Å². The molecule has 8 heteroatoms. The number of ether oxygens (including phenoxy) is 1. The molecule has 43 heavy (non-hydrogen) atoms. The summed E-state index contributed by atoms with van der Waals surface area (Å²) >= 11 is 7.55. The fourth-order valence-corrected chi connectivity index (χ4v) is 6.76. The predicted molar refractivity (Wildman–Crippen MR) is 172 cm³/mol. The molecule has 0 saturated carbocycles. The van der Waals surface area contributed by atoms with E-state index in [1.807, 2.05) is 54.6 Å². The second kappa shape index (κ2) is 11.7. The average molecular weight is 608 g/mol. The van der Waals surface area contributed by atoms with Crippen LogP contribution in [0, 0.1) is 20.8 Å². The summed E-state index contributed by atoms with van der Waals surface area (Å²) in [5, 5.41) is 0.560. The molecule has 6 nitrogen and oxygen atoms in total. The third-order valence-electron chi connectivity index (χ3n) is 7.58. The molecule has 0 unspecified atom stereocenters. The number of fused-ring (bicyclic) bond motifs is 1. The van der Waals surface area contributed by atoms with E-state index in [2.05, 4.69) is 49.6 Å². The fraction of sp³-hybridized carbons (Fsp3) is 0.171. The van der Waals surface area contributed by atoms with Crippen molar-refractivity contribution in [2.24, 2.45) is 4.99 Å². The Morgan fingerprint density at radius 1 is 1.00 bits per heavy atom. The molecule has 0 bridgehead atoms. The molecule has 0 fully saturated rings. The van der Waals surface area contributed by atoms with Gasteiger partial charge in [0.15, 0.2) is 4.80 Å². The highest BCUT2D eigenvalue weighted by Gasteiger charge is 2.35. The van der Waals surface area contributed by atoms with Crippen molar-refractivity contribution in [2.75, 3.05) is 6.61 Å². The third-order valence-corrected chi connectivity index (χ3v) is 8.81. The number of aryl methyl sites for hydroxylation is 2. The van der Waals surface area contributed by atoms with Gasteiger partial charge in [-0.05, 0) is 80.8 Å². The lowest BCUT2D eigenvalue weighted by molar-refractivity contribution is -0.138. The van der Waals surface area contributed by atoms with E-state index in [4.69, 9.17) is 21.3 Å². The Morgan fingerprint density at radius 2 is 1.74 bits per heavy atom. The summed E-state index contributed by atoms with van der Waals surface area (Å²) in [7, 11) is 0. The van der Waals surface area contributed by atoms with Crippen LogP contribution in [-0.2, 0) is 9.53 Å². The number of carbonyl (C=O) groups excluding carboxylic acids is 1. The van der Waals surface area contributed by atoms with Gasteiger partial charge in [0.1, 0.15) is 0 Å². The second-order valence-electron chi connectivity index (χ2n) is 10.5. The fourth-order valence-electron chi connectivity index (χ4n) is 5.64. The monoisotopic (exact) mass is 607 g/mol. The standard InChI is InChI=1S/C35H30ClN3O3S/c1-5-42-34(41)30-31(24-11-7-6-8-12-24)37-35-39(32(30)25-14-16-27(36)17-15-25)33(40)29(43-35)20-26-19-22(3)38(23(26)4)28-13-9-10-21(2)18-28/h6-20,32H,5H2,1-4H3/b29-20+/t32-/m0/s1. The first kappa shape index (κ1) is 28.6. The number of hydrogen-bond acceptors (Lipinski definition) is 5. The van der Waals surface area contributed by atoms with Crippen LogP contribution in [0.5, 0.6) is 0 Å². The lowest BCUT2D eigenvalue weighted by Gasteiger charge is -2.25. The first-order chi connectivity index (χ1) is 20.8. The van der Waals surface area contributed by atoms with Crippen LogP contribution in [0.1, 0.15) is 46.6 Å². The van der Waals surface area contributed by atoms with Gasteiger partial charge in [0.05, 0.1) is 28.5 Å². The van der Waals surface area contributed by atoms with Gasteiger partial charge in [0, 0.05) is 27.7 Å². The molecule has 1 aliphatic rings. The van der Waals surface area contributed by atoms with Gasteiger partial charge in [0.25, 0.3) is 5.56 Å². The van der Waals surface area contributed by atoms with Gasteiger partial charge in [-0.1, -0.05) is 77.5 Å². The van der Waals surface area contributed by atoms with Gasteiger partial charge < -0.3 is 9.30 Å². The molecule has 5 aromatic rings. The van der Waals surface area contributed by atoms with Crippen molar-refractivity contribution in [3.8, 4) is 5.69 Å². The van der Waals surface area contributed by atoms with Crippen molar-refractivity contribution in [1.82, 2.24) is 9.13 Å². The predicted octanol–water partition coefficient (Wildman–Crippen LogP) is 6.30. The van der Waals surface area contributed by atoms with Crippen LogP contribution in [0.25, 0.3) is 17.5 Å². The molecule has 0 amide bonds. The second-order valence-corrected chi connectivity index (χ2v) is 11.9. The Balaban J connectivity index is 1.60.